The zero-order valence-electron chi connectivity index (χ0n) is 7.50. The molecule has 0 bridgehead atoms. The van der Waals surface area contributed by atoms with Gasteiger partial charge in [0.15, 0.2) is 0 Å². The van der Waals surface area contributed by atoms with E-state index in [0.29, 0.717) is 0 Å². The van der Waals surface area contributed by atoms with E-state index in [1.54, 1.807) is 6.20 Å². The van der Waals surface area contributed by atoms with Gasteiger partial charge in [-0.25, -0.2) is 0 Å². The SMILES string of the molecule is [B]c1cnc(S2(C)CC2)c(C)c1. The lowest BCUT2D eigenvalue weighted by molar-refractivity contribution is 1.09. The summed E-state index contributed by atoms with van der Waals surface area (Å²) < 4.78 is 0. The first-order chi connectivity index (χ1) is 5.62. The van der Waals surface area contributed by atoms with Crippen LogP contribution in [0, 0.1) is 6.92 Å². The predicted molar refractivity (Wildman–Crippen MR) is 55.9 cm³/mol. The van der Waals surface area contributed by atoms with Crippen LogP contribution in [0.25, 0.3) is 0 Å². The molecule has 3 heteroatoms. The second-order valence-corrected chi connectivity index (χ2v) is 7.32. The molecule has 0 aliphatic carbocycles. The first-order valence-corrected chi connectivity index (χ1v) is 6.46. The molecule has 1 aliphatic heterocycles. The Bertz CT molecular complexity index is 320. The van der Waals surface area contributed by atoms with Gasteiger partial charge in [-0.3, -0.25) is 4.98 Å². The van der Waals surface area contributed by atoms with Crippen LogP contribution < -0.4 is 5.46 Å². The maximum Gasteiger partial charge on any atom is 0.115 e. The summed E-state index contributed by atoms with van der Waals surface area (Å²) in [5.74, 6) is 2.70. The van der Waals surface area contributed by atoms with Gasteiger partial charge in [0.1, 0.15) is 7.85 Å². The number of hydrogen-bond donors (Lipinski definition) is 0. The monoisotopic (exact) mass is 177 g/mol. The van der Waals surface area contributed by atoms with Gasteiger partial charge in [-0.15, -0.1) is 0 Å². The van der Waals surface area contributed by atoms with Crippen LogP contribution in [0.15, 0.2) is 17.3 Å². The summed E-state index contributed by atoms with van der Waals surface area (Å²) in [5, 5.41) is 1.32. The van der Waals surface area contributed by atoms with E-state index in [4.69, 9.17) is 7.85 Å². The molecule has 0 amide bonds. The third-order valence-electron chi connectivity index (χ3n) is 2.33. The van der Waals surface area contributed by atoms with E-state index in [1.807, 2.05) is 6.07 Å². The average molecular weight is 177 g/mol. The minimum absolute atomic E-state index is 0.467. The number of hydrogen-bond acceptors (Lipinski definition) is 1. The summed E-state index contributed by atoms with van der Waals surface area (Å²) in [4.78, 5) is 4.42. The molecule has 0 spiro atoms. The highest BCUT2D eigenvalue weighted by atomic mass is 32.3. The minimum atomic E-state index is -0.467. The van der Waals surface area contributed by atoms with Crippen molar-refractivity contribution >= 4 is 23.3 Å². The van der Waals surface area contributed by atoms with Crippen LogP contribution in [0.2, 0.25) is 0 Å². The third-order valence-corrected chi connectivity index (χ3v) is 5.33. The van der Waals surface area contributed by atoms with Crippen molar-refractivity contribution < 1.29 is 0 Å². The average Bonchev–Trinajstić information content (AvgIpc) is 2.68. The third kappa shape index (κ3) is 1.26. The van der Waals surface area contributed by atoms with Crippen molar-refractivity contribution in [3.8, 4) is 0 Å². The molecular formula is C9H12BNS. The topological polar surface area (TPSA) is 12.9 Å². The zero-order chi connectivity index (χ0) is 8.77. The lowest BCUT2D eigenvalue weighted by Gasteiger charge is -2.15. The standard InChI is InChI=1S/C9H12BNS/c1-7-5-8(10)6-11-9(7)12(2)3-4-12/h5-6H,3-4H2,1-2H3. The Balaban J connectivity index is 2.45. The van der Waals surface area contributed by atoms with Crippen molar-refractivity contribution in [3.63, 3.8) is 0 Å². The van der Waals surface area contributed by atoms with E-state index in [-0.39, 0.29) is 0 Å². The minimum Gasteiger partial charge on any atom is -0.252 e. The Labute approximate surface area is 76.3 Å². The van der Waals surface area contributed by atoms with Crippen molar-refractivity contribution in [1.29, 1.82) is 0 Å². The summed E-state index contributed by atoms with van der Waals surface area (Å²) in [6.45, 7) is 2.11. The molecule has 2 radical (unpaired) electrons. The fraction of sp³-hybridized carbons (Fsp3) is 0.444. The second kappa shape index (κ2) is 2.53. The van der Waals surface area contributed by atoms with E-state index in [1.165, 1.54) is 22.1 Å². The molecular weight excluding hydrogens is 165 g/mol. The highest BCUT2D eigenvalue weighted by molar-refractivity contribution is 8.38. The number of pyridine rings is 1. The molecule has 1 saturated heterocycles. The largest absolute Gasteiger partial charge is 0.252 e. The quantitative estimate of drug-likeness (QED) is 0.460. The summed E-state index contributed by atoms with van der Waals surface area (Å²) >= 11 is 0. The van der Waals surface area contributed by atoms with Crippen LogP contribution >= 0.6 is 10.0 Å². The number of rotatable bonds is 1. The Morgan fingerprint density at radius 2 is 2.17 bits per heavy atom. The Kier molecular flexibility index (Phi) is 1.72. The molecule has 0 aromatic carbocycles. The molecule has 1 nitrogen and oxygen atoms in total. The Morgan fingerprint density at radius 3 is 2.67 bits per heavy atom. The lowest BCUT2D eigenvalue weighted by Crippen LogP contribution is -2.06. The smallest absolute Gasteiger partial charge is 0.115 e. The molecule has 0 saturated carbocycles. The molecule has 62 valence electrons. The molecule has 1 aromatic heterocycles. The summed E-state index contributed by atoms with van der Waals surface area (Å²) in [6, 6.07) is 2.03. The first-order valence-electron chi connectivity index (χ1n) is 4.08. The normalized spacial score (nSPS) is 21.8. The summed E-state index contributed by atoms with van der Waals surface area (Å²) in [6.07, 6.45) is 4.12. The van der Waals surface area contributed by atoms with E-state index < -0.39 is 10.0 Å². The summed E-state index contributed by atoms with van der Waals surface area (Å²) in [7, 11) is 5.17. The maximum atomic E-state index is 5.64. The van der Waals surface area contributed by atoms with Gasteiger partial charge in [0.2, 0.25) is 0 Å². The molecule has 1 aromatic rings. The van der Waals surface area contributed by atoms with Crippen LogP contribution in [-0.2, 0) is 0 Å². The molecule has 0 unspecified atom stereocenters. The van der Waals surface area contributed by atoms with Crippen molar-refractivity contribution in [1.82, 2.24) is 4.98 Å². The van der Waals surface area contributed by atoms with Gasteiger partial charge in [0.05, 0.1) is 5.03 Å². The fourth-order valence-electron chi connectivity index (χ4n) is 1.42. The van der Waals surface area contributed by atoms with Crippen LogP contribution in [0.4, 0.5) is 0 Å². The number of nitrogens with zero attached hydrogens (tertiary/aromatic N) is 1. The molecule has 0 atom stereocenters. The Hall–Kier alpha value is -0.435. The molecule has 2 heterocycles. The van der Waals surface area contributed by atoms with E-state index in [9.17, 15) is 0 Å². The lowest BCUT2D eigenvalue weighted by atomic mass is 9.98. The van der Waals surface area contributed by atoms with Gasteiger partial charge in [-0.05, 0) is 30.2 Å². The molecule has 2 rings (SSSR count). The van der Waals surface area contributed by atoms with Crippen LogP contribution in [0.3, 0.4) is 0 Å². The van der Waals surface area contributed by atoms with E-state index in [0.717, 1.165) is 5.46 Å². The predicted octanol–water partition coefficient (Wildman–Crippen LogP) is 0.991. The van der Waals surface area contributed by atoms with E-state index in [2.05, 4.69) is 18.2 Å². The van der Waals surface area contributed by atoms with Gasteiger partial charge in [-0.1, -0.05) is 11.5 Å². The van der Waals surface area contributed by atoms with Gasteiger partial charge in [0, 0.05) is 6.20 Å². The van der Waals surface area contributed by atoms with Crippen molar-refractivity contribution in [3.05, 3.63) is 17.8 Å². The maximum absolute atomic E-state index is 5.64. The van der Waals surface area contributed by atoms with Gasteiger partial charge in [0.25, 0.3) is 0 Å². The number of aryl methyl sites for hydroxylation is 1. The molecule has 1 fully saturated rings. The van der Waals surface area contributed by atoms with Crippen molar-refractivity contribution in [2.24, 2.45) is 0 Å². The Morgan fingerprint density at radius 1 is 1.50 bits per heavy atom. The first kappa shape index (κ1) is 8.18. The molecule has 12 heavy (non-hydrogen) atoms. The van der Waals surface area contributed by atoms with Crippen LogP contribution in [-0.4, -0.2) is 30.6 Å². The highest BCUT2D eigenvalue weighted by Gasteiger charge is 2.35. The van der Waals surface area contributed by atoms with Crippen molar-refractivity contribution in [2.45, 2.75) is 11.9 Å². The highest BCUT2D eigenvalue weighted by Crippen LogP contribution is 2.64. The second-order valence-electron chi connectivity index (χ2n) is 3.57. The number of aromatic nitrogens is 1. The van der Waals surface area contributed by atoms with Gasteiger partial charge in [-0.2, -0.15) is 10.0 Å². The molecule has 0 N–H and O–H groups in total. The van der Waals surface area contributed by atoms with Gasteiger partial charge < -0.3 is 0 Å². The van der Waals surface area contributed by atoms with Crippen LogP contribution in [0.1, 0.15) is 5.56 Å². The zero-order valence-corrected chi connectivity index (χ0v) is 8.32. The van der Waals surface area contributed by atoms with Crippen molar-refractivity contribution in [2.75, 3.05) is 17.8 Å². The summed E-state index contributed by atoms with van der Waals surface area (Å²) in [5.41, 5.74) is 2.05. The fourth-order valence-corrected chi connectivity index (χ4v) is 3.95. The molecule has 1 aliphatic rings. The van der Waals surface area contributed by atoms with Crippen LogP contribution in [0.5, 0.6) is 0 Å². The van der Waals surface area contributed by atoms with E-state index >= 15 is 0 Å². The van der Waals surface area contributed by atoms with Gasteiger partial charge >= 0.3 is 0 Å².